The molecular formula is C13H16IN3O3. The van der Waals surface area contributed by atoms with Gasteiger partial charge in [0.05, 0.1) is 10.5 Å². The molecule has 20 heavy (non-hydrogen) atoms. The van der Waals surface area contributed by atoms with E-state index in [4.69, 9.17) is 0 Å². The predicted molar refractivity (Wildman–Crippen MR) is 83.8 cm³/mol. The normalized spacial score (nSPS) is 22.3. The molecule has 1 aliphatic rings. The van der Waals surface area contributed by atoms with Crippen LogP contribution in [0.3, 0.4) is 0 Å². The second-order valence-corrected chi connectivity index (χ2v) is 6.13. The summed E-state index contributed by atoms with van der Waals surface area (Å²) in [7, 11) is 0. The molecule has 1 aromatic carbocycles. The lowest BCUT2D eigenvalue weighted by Crippen LogP contribution is -2.46. The van der Waals surface area contributed by atoms with Crippen LogP contribution in [0.15, 0.2) is 18.2 Å². The van der Waals surface area contributed by atoms with E-state index >= 15 is 0 Å². The fourth-order valence-corrected chi connectivity index (χ4v) is 3.07. The summed E-state index contributed by atoms with van der Waals surface area (Å²) in [5, 5.41) is 17.0. The third kappa shape index (κ3) is 3.66. The molecular weight excluding hydrogens is 373 g/mol. The Bertz CT molecular complexity index is 536. The highest BCUT2D eigenvalue weighted by molar-refractivity contribution is 14.1. The van der Waals surface area contributed by atoms with Crippen LogP contribution in [0.5, 0.6) is 0 Å². The fraction of sp³-hybridized carbons (Fsp3) is 0.462. The van der Waals surface area contributed by atoms with Gasteiger partial charge in [0, 0.05) is 27.8 Å². The molecule has 1 fully saturated rings. The Morgan fingerprint density at radius 2 is 2.30 bits per heavy atom. The summed E-state index contributed by atoms with van der Waals surface area (Å²) in [5.41, 5.74) is 0.490. The molecule has 2 rings (SSSR count). The van der Waals surface area contributed by atoms with Crippen molar-refractivity contribution in [2.24, 2.45) is 0 Å². The van der Waals surface area contributed by atoms with Gasteiger partial charge in [-0.15, -0.1) is 0 Å². The summed E-state index contributed by atoms with van der Waals surface area (Å²) in [6.45, 7) is 2.98. The number of nitrogens with zero attached hydrogens (tertiary/aromatic N) is 1. The molecule has 0 aromatic heterocycles. The van der Waals surface area contributed by atoms with Gasteiger partial charge in [0.15, 0.2) is 0 Å². The predicted octanol–water partition coefficient (Wildman–Crippen LogP) is 2.07. The minimum atomic E-state index is -0.460. The molecule has 2 N–H and O–H groups in total. The van der Waals surface area contributed by atoms with E-state index in [1.54, 1.807) is 0 Å². The van der Waals surface area contributed by atoms with Crippen molar-refractivity contribution in [3.8, 4) is 0 Å². The molecule has 1 aromatic rings. The summed E-state index contributed by atoms with van der Waals surface area (Å²) in [4.78, 5) is 22.4. The van der Waals surface area contributed by atoms with Crippen molar-refractivity contribution in [2.45, 2.75) is 31.8 Å². The van der Waals surface area contributed by atoms with Crippen LogP contribution in [-0.4, -0.2) is 29.5 Å². The van der Waals surface area contributed by atoms with Gasteiger partial charge in [-0.1, -0.05) is 0 Å². The van der Waals surface area contributed by atoms with Crippen molar-refractivity contribution in [3.63, 3.8) is 0 Å². The maximum absolute atomic E-state index is 12.2. The van der Waals surface area contributed by atoms with Gasteiger partial charge in [-0.3, -0.25) is 14.9 Å². The average molecular weight is 389 g/mol. The van der Waals surface area contributed by atoms with Crippen molar-refractivity contribution in [2.75, 3.05) is 6.54 Å². The number of non-ortho nitro benzene ring substituents is 1. The first-order chi connectivity index (χ1) is 9.47. The van der Waals surface area contributed by atoms with Crippen LogP contribution in [0, 0.1) is 13.7 Å². The van der Waals surface area contributed by atoms with Gasteiger partial charge in [0.25, 0.3) is 11.6 Å². The number of hydrogen-bond acceptors (Lipinski definition) is 4. The van der Waals surface area contributed by atoms with Crippen molar-refractivity contribution in [1.82, 2.24) is 10.6 Å². The van der Waals surface area contributed by atoms with E-state index in [9.17, 15) is 14.9 Å². The number of halogens is 1. The van der Waals surface area contributed by atoms with Crippen LogP contribution < -0.4 is 10.6 Å². The number of nitrogens with one attached hydrogen (secondary N) is 2. The quantitative estimate of drug-likeness (QED) is 0.471. The number of carbonyl (C=O) groups excluding carboxylic acids is 1. The Labute approximate surface area is 130 Å². The van der Waals surface area contributed by atoms with Gasteiger partial charge in [0.1, 0.15) is 0 Å². The number of benzene rings is 1. The Hall–Kier alpha value is -1.22. The Balaban J connectivity index is 2.07. The highest BCUT2D eigenvalue weighted by Crippen LogP contribution is 2.20. The van der Waals surface area contributed by atoms with E-state index in [0.29, 0.717) is 15.2 Å². The largest absolute Gasteiger partial charge is 0.349 e. The van der Waals surface area contributed by atoms with Gasteiger partial charge in [-0.2, -0.15) is 0 Å². The van der Waals surface area contributed by atoms with Gasteiger partial charge >= 0.3 is 0 Å². The standard InChI is InChI=1S/C13H16IN3O3/c1-8-6-9(4-5-15-8)16-13(18)11-3-2-10(17(19)20)7-12(11)14/h2-3,7-9,15H,4-6H2,1H3,(H,16,18). The average Bonchev–Trinajstić information content (AvgIpc) is 2.38. The lowest BCUT2D eigenvalue weighted by molar-refractivity contribution is -0.384. The highest BCUT2D eigenvalue weighted by atomic mass is 127. The third-order valence-electron chi connectivity index (χ3n) is 3.37. The summed E-state index contributed by atoms with van der Waals surface area (Å²) in [6, 6.07) is 4.84. The lowest BCUT2D eigenvalue weighted by atomic mass is 10.0. The van der Waals surface area contributed by atoms with Crippen LogP contribution >= 0.6 is 22.6 Å². The molecule has 0 spiro atoms. The first-order valence-electron chi connectivity index (χ1n) is 6.45. The van der Waals surface area contributed by atoms with Crippen molar-refractivity contribution < 1.29 is 9.72 Å². The second-order valence-electron chi connectivity index (χ2n) is 4.97. The Kier molecular flexibility index (Phi) is 4.92. The van der Waals surface area contributed by atoms with Crippen LogP contribution in [0.25, 0.3) is 0 Å². The zero-order chi connectivity index (χ0) is 14.7. The summed E-state index contributed by atoms with van der Waals surface area (Å²) < 4.78 is 0.594. The van der Waals surface area contributed by atoms with E-state index in [1.807, 2.05) is 22.6 Å². The van der Waals surface area contributed by atoms with Gasteiger partial charge < -0.3 is 10.6 Å². The molecule has 2 unspecified atom stereocenters. The molecule has 108 valence electrons. The molecule has 1 heterocycles. The molecule has 7 heteroatoms. The third-order valence-corrected chi connectivity index (χ3v) is 4.26. The number of piperidine rings is 1. The zero-order valence-corrected chi connectivity index (χ0v) is 13.2. The van der Waals surface area contributed by atoms with E-state index in [0.717, 1.165) is 19.4 Å². The molecule has 1 amide bonds. The first kappa shape index (κ1) is 15.2. The van der Waals surface area contributed by atoms with Gasteiger partial charge in [-0.05, 0) is 55.0 Å². The first-order valence-corrected chi connectivity index (χ1v) is 7.53. The van der Waals surface area contributed by atoms with E-state index in [2.05, 4.69) is 17.6 Å². The number of nitro groups is 1. The Morgan fingerprint density at radius 3 is 2.90 bits per heavy atom. The minimum Gasteiger partial charge on any atom is -0.349 e. The minimum absolute atomic E-state index is 0.00133. The number of nitro benzene ring substituents is 1. The van der Waals surface area contributed by atoms with Crippen LogP contribution in [0.4, 0.5) is 5.69 Å². The topological polar surface area (TPSA) is 84.3 Å². The fourth-order valence-electron chi connectivity index (χ4n) is 2.33. The number of amides is 1. The maximum atomic E-state index is 12.2. The molecule has 0 aliphatic carbocycles. The zero-order valence-electron chi connectivity index (χ0n) is 11.1. The van der Waals surface area contributed by atoms with Crippen molar-refractivity contribution in [1.29, 1.82) is 0 Å². The summed E-state index contributed by atoms with van der Waals surface area (Å²) in [6.07, 6.45) is 1.80. The highest BCUT2D eigenvalue weighted by Gasteiger charge is 2.22. The maximum Gasteiger partial charge on any atom is 0.270 e. The van der Waals surface area contributed by atoms with Gasteiger partial charge in [0.2, 0.25) is 0 Å². The second kappa shape index (κ2) is 6.49. The van der Waals surface area contributed by atoms with E-state index < -0.39 is 4.92 Å². The molecule has 0 radical (unpaired) electrons. The van der Waals surface area contributed by atoms with Crippen molar-refractivity contribution in [3.05, 3.63) is 37.4 Å². The monoisotopic (exact) mass is 389 g/mol. The van der Waals surface area contributed by atoms with Crippen LogP contribution in [-0.2, 0) is 0 Å². The molecule has 0 saturated carbocycles. The van der Waals surface area contributed by atoms with E-state index in [1.165, 1.54) is 18.2 Å². The molecule has 1 aliphatic heterocycles. The van der Waals surface area contributed by atoms with Crippen LogP contribution in [0.1, 0.15) is 30.1 Å². The van der Waals surface area contributed by atoms with E-state index in [-0.39, 0.29) is 17.6 Å². The SMILES string of the molecule is CC1CC(NC(=O)c2ccc([N+](=O)[O-])cc2I)CCN1. The molecule has 1 saturated heterocycles. The number of carbonyl (C=O) groups is 1. The molecule has 2 atom stereocenters. The number of rotatable bonds is 3. The molecule has 6 nitrogen and oxygen atoms in total. The molecule has 0 bridgehead atoms. The van der Waals surface area contributed by atoms with Crippen molar-refractivity contribution >= 4 is 34.2 Å². The summed E-state index contributed by atoms with van der Waals surface area (Å²) >= 11 is 1.96. The van der Waals surface area contributed by atoms with Gasteiger partial charge in [-0.25, -0.2) is 0 Å². The number of hydrogen-bond donors (Lipinski definition) is 2. The summed E-state index contributed by atoms with van der Waals surface area (Å²) in [5.74, 6) is -0.164. The lowest BCUT2D eigenvalue weighted by Gasteiger charge is -2.28. The Morgan fingerprint density at radius 1 is 1.55 bits per heavy atom. The van der Waals surface area contributed by atoms with Crippen LogP contribution in [0.2, 0.25) is 0 Å². The smallest absolute Gasteiger partial charge is 0.270 e.